The Bertz CT molecular complexity index is 206. The molecule has 0 bridgehead atoms. The van der Waals surface area contributed by atoms with Crippen LogP contribution >= 0.6 is 0 Å². The molecule has 5 nitrogen and oxygen atoms in total. The first kappa shape index (κ1) is 11.3. The Hall–Kier alpha value is -0.810. The molecule has 2 amide bonds. The predicted molar refractivity (Wildman–Crippen MR) is 54.1 cm³/mol. The van der Waals surface area contributed by atoms with E-state index in [1.165, 1.54) is 0 Å². The molecule has 1 rings (SSSR count). The van der Waals surface area contributed by atoms with Crippen LogP contribution in [-0.4, -0.2) is 49.3 Å². The lowest BCUT2D eigenvalue weighted by Gasteiger charge is -2.24. The Morgan fingerprint density at radius 3 is 2.86 bits per heavy atom. The number of carbonyl (C=O) groups is 1. The second kappa shape index (κ2) is 4.61. The molecule has 82 valence electrons. The fourth-order valence-electron chi connectivity index (χ4n) is 1.22. The topological polar surface area (TPSA) is 67.6 Å². The summed E-state index contributed by atoms with van der Waals surface area (Å²) in [5.74, 6) is 0. The molecular formula is C9H19N3O2. The maximum Gasteiger partial charge on any atom is 0.317 e. The zero-order chi connectivity index (χ0) is 10.6. The molecule has 0 aliphatic carbocycles. The van der Waals surface area contributed by atoms with Gasteiger partial charge in [-0.05, 0) is 13.8 Å². The summed E-state index contributed by atoms with van der Waals surface area (Å²) in [5, 5.41) is 2.74. The van der Waals surface area contributed by atoms with Crippen LogP contribution in [-0.2, 0) is 4.74 Å². The summed E-state index contributed by atoms with van der Waals surface area (Å²) in [6.07, 6.45) is 0. The van der Waals surface area contributed by atoms with Crippen molar-refractivity contribution in [2.75, 3.05) is 32.8 Å². The number of rotatable bonds is 5. The molecule has 5 heteroatoms. The Kier molecular flexibility index (Phi) is 3.71. The summed E-state index contributed by atoms with van der Waals surface area (Å²) in [4.78, 5) is 12.9. The highest BCUT2D eigenvalue weighted by Gasteiger charge is 2.21. The van der Waals surface area contributed by atoms with Crippen molar-refractivity contribution in [3.63, 3.8) is 0 Å². The number of nitrogens with zero attached hydrogens (tertiary/aromatic N) is 1. The minimum absolute atomic E-state index is 0.000783. The highest BCUT2D eigenvalue weighted by atomic mass is 16.5. The third-order valence-electron chi connectivity index (χ3n) is 2.29. The zero-order valence-electron chi connectivity index (χ0n) is 8.88. The van der Waals surface area contributed by atoms with E-state index < -0.39 is 0 Å². The third kappa shape index (κ3) is 3.16. The first-order valence-electron chi connectivity index (χ1n) is 4.92. The lowest BCUT2D eigenvalue weighted by molar-refractivity contribution is -0.0152. The second-order valence-electron chi connectivity index (χ2n) is 4.03. The lowest BCUT2D eigenvalue weighted by atomic mass is 10.1. The molecule has 0 radical (unpaired) electrons. The van der Waals surface area contributed by atoms with Gasteiger partial charge >= 0.3 is 6.03 Å². The number of ether oxygens (including phenoxy) is 1. The SMILES string of the molecule is CC(C)(CN)OCCN1CCNC1=O. The van der Waals surface area contributed by atoms with Crippen molar-refractivity contribution in [2.45, 2.75) is 19.4 Å². The monoisotopic (exact) mass is 201 g/mol. The number of urea groups is 1. The van der Waals surface area contributed by atoms with Gasteiger partial charge in [0, 0.05) is 26.2 Å². The van der Waals surface area contributed by atoms with Gasteiger partial charge in [-0.25, -0.2) is 4.79 Å². The molecule has 1 aliphatic rings. The van der Waals surface area contributed by atoms with E-state index in [4.69, 9.17) is 10.5 Å². The van der Waals surface area contributed by atoms with Crippen LogP contribution in [0.4, 0.5) is 4.79 Å². The van der Waals surface area contributed by atoms with Gasteiger partial charge in [-0.15, -0.1) is 0 Å². The van der Waals surface area contributed by atoms with Crippen LogP contribution < -0.4 is 11.1 Å². The summed E-state index contributed by atoms with van der Waals surface area (Å²) in [6.45, 7) is 7.05. The predicted octanol–water partition coefficient (Wildman–Crippen LogP) is -0.234. The zero-order valence-corrected chi connectivity index (χ0v) is 8.88. The van der Waals surface area contributed by atoms with Crippen molar-refractivity contribution >= 4 is 6.03 Å². The van der Waals surface area contributed by atoms with E-state index in [9.17, 15) is 4.79 Å². The van der Waals surface area contributed by atoms with E-state index in [2.05, 4.69) is 5.32 Å². The van der Waals surface area contributed by atoms with Gasteiger partial charge in [0.2, 0.25) is 0 Å². The van der Waals surface area contributed by atoms with Gasteiger partial charge in [0.05, 0.1) is 12.2 Å². The number of amides is 2. The van der Waals surface area contributed by atoms with Crippen molar-refractivity contribution in [3.05, 3.63) is 0 Å². The molecule has 0 aromatic rings. The molecule has 0 atom stereocenters. The summed E-state index contributed by atoms with van der Waals surface area (Å²) >= 11 is 0. The molecule has 1 fully saturated rings. The Labute approximate surface area is 84.6 Å². The smallest absolute Gasteiger partial charge is 0.317 e. The van der Waals surface area contributed by atoms with Gasteiger partial charge in [0.25, 0.3) is 0 Å². The number of nitrogens with one attached hydrogen (secondary N) is 1. The van der Waals surface area contributed by atoms with Crippen LogP contribution in [0.25, 0.3) is 0 Å². The molecule has 3 N–H and O–H groups in total. The van der Waals surface area contributed by atoms with E-state index in [1.807, 2.05) is 13.8 Å². The van der Waals surface area contributed by atoms with Gasteiger partial charge in [-0.2, -0.15) is 0 Å². The van der Waals surface area contributed by atoms with E-state index >= 15 is 0 Å². The normalized spacial score (nSPS) is 17.4. The van der Waals surface area contributed by atoms with Crippen LogP contribution in [0.1, 0.15) is 13.8 Å². The lowest BCUT2D eigenvalue weighted by Crippen LogP contribution is -2.38. The Balaban J connectivity index is 2.18. The molecule has 1 saturated heterocycles. The van der Waals surface area contributed by atoms with Gasteiger partial charge in [-0.3, -0.25) is 0 Å². The number of carbonyl (C=O) groups excluding carboxylic acids is 1. The minimum atomic E-state index is -0.295. The third-order valence-corrected chi connectivity index (χ3v) is 2.29. The summed E-state index contributed by atoms with van der Waals surface area (Å²) in [6, 6.07) is -0.000783. The average molecular weight is 201 g/mol. The highest BCUT2D eigenvalue weighted by Crippen LogP contribution is 2.06. The van der Waals surface area contributed by atoms with Crippen molar-refractivity contribution in [2.24, 2.45) is 5.73 Å². The van der Waals surface area contributed by atoms with E-state index in [0.717, 1.165) is 13.1 Å². The Morgan fingerprint density at radius 2 is 2.36 bits per heavy atom. The van der Waals surface area contributed by atoms with E-state index in [0.29, 0.717) is 19.7 Å². The number of hydrogen-bond acceptors (Lipinski definition) is 3. The van der Waals surface area contributed by atoms with Crippen LogP contribution in [0.3, 0.4) is 0 Å². The highest BCUT2D eigenvalue weighted by molar-refractivity contribution is 5.76. The van der Waals surface area contributed by atoms with Crippen LogP contribution in [0, 0.1) is 0 Å². The number of hydrogen-bond donors (Lipinski definition) is 2. The first-order chi connectivity index (χ1) is 6.55. The van der Waals surface area contributed by atoms with Gasteiger partial charge in [0.1, 0.15) is 0 Å². The molecule has 1 heterocycles. The summed E-state index contributed by atoms with van der Waals surface area (Å²) in [7, 11) is 0. The fourth-order valence-corrected chi connectivity index (χ4v) is 1.22. The maximum absolute atomic E-state index is 11.1. The van der Waals surface area contributed by atoms with Crippen molar-refractivity contribution < 1.29 is 9.53 Å². The molecular weight excluding hydrogens is 182 g/mol. The summed E-state index contributed by atoms with van der Waals surface area (Å²) < 4.78 is 5.54. The quantitative estimate of drug-likeness (QED) is 0.645. The Morgan fingerprint density at radius 1 is 1.64 bits per heavy atom. The molecule has 0 unspecified atom stereocenters. The maximum atomic E-state index is 11.1. The number of nitrogens with two attached hydrogens (primary N) is 1. The largest absolute Gasteiger partial charge is 0.372 e. The fraction of sp³-hybridized carbons (Fsp3) is 0.889. The van der Waals surface area contributed by atoms with E-state index in [-0.39, 0.29) is 11.6 Å². The molecule has 14 heavy (non-hydrogen) atoms. The molecule has 1 aliphatic heterocycles. The van der Waals surface area contributed by atoms with E-state index in [1.54, 1.807) is 4.90 Å². The van der Waals surface area contributed by atoms with Gasteiger partial charge in [-0.1, -0.05) is 0 Å². The van der Waals surface area contributed by atoms with Crippen molar-refractivity contribution in [3.8, 4) is 0 Å². The first-order valence-corrected chi connectivity index (χ1v) is 4.92. The van der Waals surface area contributed by atoms with Crippen molar-refractivity contribution in [1.29, 1.82) is 0 Å². The molecule has 0 aromatic carbocycles. The standard InChI is InChI=1S/C9H19N3O2/c1-9(2,7-10)14-6-5-12-4-3-11-8(12)13/h3-7,10H2,1-2H3,(H,11,13). The van der Waals surface area contributed by atoms with Gasteiger partial charge in [0.15, 0.2) is 0 Å². The van der Waals surface area contributed by atoms with Crippen LogP contribution in [0.15, 0.2) is 0 Å². The molecule has 0 saturated carbocycles. The van der Waals surface area contributed by atoms with Crippen LogP contribution in [0.2, 0.25) is 0 Å². The molecule has 0 spiro atoms. The van der Waals surface area contributed by atoms with Crippen LogP contribution in [0.5, 0.6) is 0 Å². The average Bonchev–Trinajstić information content (AvgIpc) is 2.52. The molecule has 0 aromatic heterocycles. The van der Waals surface area contributed by atoms with Gasteiger partial charge < -0.3 is 20.7 Å². The summed E-state index contributed by atoms with van der Waals surface area (Å²) in [5.41, 5.74) is 5.21. The minimum Gasteiger partial charge on any atom is -0.372 e. The van der Waals surface area contributed by atoms with Crippen molar-refractivity contribution in [1.82, 2.24) is 10.2 Å². The second-order valence-corrected chi connectivity index (χ2v) is 4.03.